The molecule has 1 saturated heterocycles. The summed E-state index contributed by atoms with van der Waals surface area (Å²) < 4.78 is 5.43. The molecular weight excluding hydrogens is 310 g/mol. The Bertz CT molecular complexity index is 611. The highest BCUT2D eigenvalue weighted by atomic mass is 16.5. The van der Waals surface area contributed by atoms with Gasteiger partial charge in [-0.2, -0.15) is 0 Å². The third-order valence-electron chi connectivity index (χ3n) is 5.10. The van der Waals surface area contributed by atoms with E-state index < -0.39 is 0 Å². The average molecular weight is 337 g/mol. The molecule has 132 valence electrons. The molecule has 0 bridgehead atoms. The molecule has 0 spiro atoms. The molecule has 1 aliphatic heterocycles. The van der Waals surface area contributed by atoms with Crippen LogP contribution in [-0.2, 0) is 9.53 Å². The Labute approximate surface area is 150 Å². The summed E-state index contributed by atoms with van der Waals surface area (Å²) in [7, 11) is 1.93. The molecule has 3 nitrogen and oxygen atoms in total. The van der Waals surface area contributed by atoms with Crippen LogP contribution in [0.1, 0.15) is 36.3 Å². The normalized spacial score (nSPS) is 15.3. The topological polar surface area (TPSA) is 29.5 Å². The van der Waals surface area contributed by atoms with Crippen molar-refractivity contribution in [3.8, 4) is 0 Å². The number of hydrogen-bond acceptors (Lipinski definition) is 2. The van der Waals surface area contributed by atoms with Crippen LogP contribution < -0.4 is 0 Å². The second kappa shape index (κ2) is 8.82. The monoisotopic (exact) mass is 337 g/mol. The molecule has 0 atom stereocenters. The van der Waals surface area contributed by atoms with Gasteiger partial charge in [-0.05, 0) is 36.3 Å². The van der Waals surface area contributed by atoms with Gasteiger partial charge in [-0.15, -0.1) is 0 Å². The standard InChI is InChI=1S/C22H27NO2/c1-23(15-12-18-13-16-25-17-14-18)22(24)21(19-8-4-2-5-9-19)20-10-6-3-7-11-20/h2-11,18,21H,12-17H2,1H3. The Morgan fingerprint density at radius 3 is 2.04 bits per heavy atom. The molecule has 3 rings (SSSR count). The van der Waals surface area contributed by atoms with Crippen LogP contribution in [0.4, 0.5) is 0 Å². The summed E-state index contributed by atoms with van der Waals surface area (Å²) >= 11 is 0. The maximum atomic E-state index is 13.2. The predicted molar refractivity (Wildman–Crippen MR) is 101 cm³/mol. The number of rotatable bonds is 6. The van der Waals surface area contributed by atoms with Crippen molar-refractivity contribution in [3.05, 3.63) is 71.8 Å². The Morgan fingerprint density at radius 2 is 1.52 bits per heavy atom. The zero-order valence-corrected chi connectivity index (χ0v) is 14.9. The summed E-state index contributed by atoms with van der Waals surface area (Å²) in [5.41, 5.74) is 2.10. The van der Waals surface area contributed by atoms with Gasteiger partial charge in [-0.1, -0.05) is 60.7 Å². The summed E-state index contributed by atoms with van der Waals surface area (Å²) in [5.74, 6) is 0.613. The van der Waals surface area contributed by atoms with E-state index >= 15 is 0 Å². The second-order valence-electron chi connectivity index (χ2n) is 6.86. The van der Waals surface area contributed by atoms with Crippen LogP contribution in [0.25, 0.3) is 0 Å². The van der Waals surface area contributed by atoms with Gasteiger partial charge in [-0.25, -0.2) is 0 Å². The largest absolute Gasteiger partial charge is 0.381 e. The van der Waals surface area contributed by atoms with Crippen LogP contribution in [0.2, 0.25) is 0 Å². The van der Waals surface area contributed by atoms with Gasteiger partial charge in [0.15, 0.2) is 0 Å². The van der Waals surface area contributed by atoms with E-state index in [1.807, 2.05) is 72.6 Å². The van der Waals surface area contributed by atoms with E-state index in [1.165, 1.54) is 0 Å². The first kappa shape index (κ1) is 17.7. The molecule has 2 aromatic carbocycles. The van der Waals surface area contributed by atoms with Crippen molar-refractivity contribution in [2.75, 3.05) is 26.8 Å². The molecule has 1 amide bonds. The molecule has 0 unspecified atom stereocenters. The van der Waals surface area contributed by atoms with Crippen LogP contribution in [0.3, 0.4) is 0 Å². The number of carbonyl (C=O) groups excluding carboxylic acids is 1. The van der Waals surface area contributed by atoms with Gasteiger partial charge in [0.05, 0.1) is 5.92 Å². The molecule has 0 aliphatic carbocycles. The average Bonchev–Trinajstić information content (AvgIpc) is 2.69. The molecule has 0 aromatic heterocycles. The molecule has 3 heteroatoms. The van der Waals surface area contributed by atoms with E-state index in [-0.39, 0.29) is 11.8 Å². The molecule has 1 aliphatic rings. The highest BCUT2D eigenvalue weighted by molar-refractivity contribution is 5.87. The van der Waals surface area contributed by atoms with Crippen molar-refractivity contribution in [1.82, 2.24) is 4.90 Å². The summed E-state index contributed by atoms with van der Waals surface area (Å²) in [4.78, 5) is 15.1. The number of carbonyl (C=O) groups is 1. The summed E-state index contributed by atoms with van der Waals surface area (Å²) in [5, 5.41) is 0. The maximum Gasteiger partial charge on any atom is 0.234 e. The first-order valence-electron chi connectivity index (χ1n) is 9.18. The molecule has 1 heterocycles. The van der Waals surface area contributed by atoms with E-state index in [4.69, 9.17) is 4.74 Å². The van der Waals surface area contributed by atoms with Crippen molar-refractivity contribution < 1.29 is 9.53 Å². The lowest BCUT2D eigenvalue weighted by atomic mass is 9.89. The number of amides is 1. The van der Waals surface area contributed by atoms with Crippen molar-refractivity contribution in [2.24, 2.45) is 5.92 Å². The first-order chi connectivity index (χ1) is 12.3. The van der Waals surface area contributed by atoms with Gasteiger partial charge in [0, 0.05) is 26.8 Å². The van der Waals surface area contributed by atoms with Crippen molar-refractivity contribution in [1.29, 1.82) is 0 Å². The van der Waals surface area contributed by atoms with Crippen molar-refractivity contribution in [3.63, 3.8) is 0 Å². The van der Waals surface area contributed by atoms with Crippen molar-refractivity contribution in [2.45, 2.75) is 25.2 Å². The van der Waals surface area contributed by atoms with Gasteiger partial charge in [-0.3, -0.25) is 4.79 Å². The molecule has 0 N–H and O–H groups in total. The Kier molecular flexibility index (Phi) is 6.24. The van der Waals surface area contributed by atoms with Crippen LogP contribution >= 0.6 is 0 Å². The summed E-state index contributed by atoms with van der Waals surface area (Å²) in [6.07, 6.45) is 3.29. The van der Waals surface area contributed by atoms with Crippen molar-refractivity contribution >= 4 is 5.91 Å². The minimum absolute atomic E-state index is 0.171. The van der Waals surface area contributed by atoms with Crippen LogP contribution in [0.15, 0.2) is 60.7 Å². The Balaban J connectivity index is 1.72. The zero-order valence-electron chi connectivity index (χ0n) is 14.9. The summed E-state index contributed by atoms with van der Waals surface area (Å²) in [6.45, 7) is 2.53. The number of likely N-dealkylation sites (N-methyl/N-ethyl adjacent to an activating group) is 1. The van der Waals surface area contributed by atoms with Gasteiger partial charge in [0.2, 0.25) is 5.91 Å². The van der Waals surface area contributed by atoms with E-state index in [1.54, 1.807) is 0 Å². The van der Waals surface area contributed by atoms with Gasteiger partial charge < -0.3 is 9.64 Å². The SMILES string of the molecule is CN(CCC1CCOCC1)C(=O)C(c1ccccc1)c1ccccc1. The fourth-order valence-electron chi connectivity index (χ4n) is 3.51. The number of hydrogen-bond donors (Lipinski definition) is 0. The minimum Gasteiger partial charge on any atom is -0.381 e. The Morgan fingerprint density at radius 1 is 1.00 bits per heavy atom. The zero-order chi connectivity index (χ0) is 17.5. The lowest BCUT2D eigenvalue weighted by Crippen LogP contribution is -2.34. The maximum absolute atomic E-state index is 13.2. The molecule has 2 aromatic rings. The molecular formula is C22H27NO2. The van der Waals surface area contributed by atoms with E-state index in [0.29, 0.717) is 5.92 Å². The molecule has 1 fully saturated rings. The third-order valence-corrected chi connectivity index (χ3v) is 5.10. The number of nitrogens with zero attached hydrogens (tertiary/aromatic N) is 1. The quantitative estimate of drug-likeness (QED) is 0.794. The highest BCUT2D eigenvalue weighted by Gasteiger charge is 2.26. The first-order valence-corrected chi connectivity index (χ1v) is 9.18. The van der Waals surface area contributed by atoms with Gasteiger partial charge >= 0.3 is 0 Å². The molecule has 0 saturated carbocycles. The van der Waals surface area contributed by atoms with E-state index in [2.05, 4.69) is 0 Å². The fourth-order valence-corrected chi connectivity index (χ4v) is 3.51. The molecule has 25 heavy (non-hydrogen) atoms. The minimum atomic E-state index is -0.234. The molecule has 0 radical (unpaired) electrons. The number of benzene rings is 2. The summed E-state index contributed by atoms with van der Waals surface area (Å²) in [6, 6.07) is 20.2. The van der Waals surface area contributed by atoms with E-state index in [9.17, 15) is 4.79 Å². The van der Waals surface area contributed by atoms with Crippen LogP contribution in [-0.4, -0.2) is 37.6 Å². The lowest BCUT2D eigenvalue weighted by molar-refractivity contribution is -0.130. The number of ether oxygens (including phenoxy) is 1. The van der Waals surface area contributed by atoms with Crippen LogP contribution in [0, 0.1) is 5.92 Å². The van der Waals surface area contributed by atoms with Gasteiger partial charge in [0.25, 0.3) is 0 Å². The third kappa shape index (κ3) is 4.70. The van der Waals surface area contributed by atoms with E-state index in [0.717, 1.165) is 50.1 Å². The lowest BCUT2D eigenvalue weighted by Gasteiger charge is -2.27. The van der Waals surface area contributed by atoms with Gasteiger partial charge in [0.1, 0.15) is 0 Å². The second-order valence-corrected chi connectivity index (χ2v) is 6.86. The highest BCUT2D eigenvalue weighted by Crippen LogP contribution is 2.27. The fraction of sp³-hybridized carbons (Fsp3) is 0.409. The Hall–Kier alpha value is -2.13. The van der Waals surface area contributed by atoms with Crippen LogP contribution in [0.5, 0.6) is 0 Å². The predicted octanol–water partition coefficient (Wildman–Crippen LogP) is 4.09. The smallest absolute Gasteiger partial charge is 0.234 e.